The van der Waals surface area contributed by atoms with Crippen LogP contribution in [0.15, 0.2) is 30.3 Å². The molecule has 4 rings (SSSR count). The number of benzene rings is 1. The van der Waals surface area contributed by atoms with Crippen molar-refractivity contribution in [3.8, 4) is 17.0 Å². The van der Waals surface area contributed by atoms with Crippen LogP contribution in [0, 0.1) is 0 Å². The number of hydrogen-bond acceptors (Lipinski definition) is 8. The Morgan fingerprint density at radius 3 is 2.75 bits per heavy atom. The SMILES string of the molecule is CC(C)(C)OC(=O)N1CCCC(c2cc(-c3ccccc3O)nc3c2CNS(O)(O)N3)C1. The largest absolute Gasteiger partial charge is 0.507 e. The third-order valence-electron chi connectivity index (χ3n) is 5.54. The van der Waals surface area contributed by atoms with Crippen molar-refractivity contribution in [1.29, 1.82) is 0 Å². The van der Waals surface area contributed by atoms with Crippen molar-refractivity contribution in [2.75, 3.05) is 17.8 Å². The molecular formula is C22H30N4O5S. The van der Waals surface area contributed by atoms with Gasteiger partial charge < -0.3 is 14.7 Å². The van der Waals surface area contributed by atoms with Crippen molar-refractivity contribution in [2.24, 2.45) is 0 Å². The summed E-state index contributed by atoms with van der Waals surface area (Å²) in [5.41, 5.74) is 2.28. The molecule has 174 valence electrons. The molecule has 0 saturated carbocycles. The van der Waals surface area contributed by atoms with Gasteiger partial charge in [0.25, 0.3) is 0 Å². The number of nitrogens with one attached hydrogen (secondary N) is 2. The Balaban J connectivity index is 1.72. The number of pyridine rings is 1. The molecule has 0 aliphatic carbocycles. The number of carbonyl (C=O) groups excluding carboxylic acids is 1. The highest BCUT2D eigenvalue weighted by Gasteiger charge is 2.33. The Kier molecular flexibility index (Phi) is 5.97. The highest BCUT2D eigenvalue weighted by Crippen LogP contribution is 2.44. The fourth-order valence-electron chi connectivity index (χ4n) is 4.12. The summed E-state index contributed by atoms with van der Waals surface area (Å²) in [5, 5.41) is 10.4. The Labute approximate surface area is 189 Å². The number of para-hydroxylation sites is 1. The van der Waals surface area contributed by atoms with Crippen molar-refractivity contribution >= 4 is 22.9 Å². The summed E-state index contributed by atoms with van der Waals surface area (Å²) in [4.78, 5) is 19.0. The molecule has 1 amide bonds. The number of aromatic nitrogens is 1. The minimum atomic E-state index is -3.21. The topological polar surface area (TPSA) is 127 Å². The number of rotatable bonds is 2. The lowest BCUT2D eigenvalue weighted by Crippen LogP contribution is -2.42. The first-order valence-electron chi connectivity index (χ1n) is 10.6. The quantitative estimate of drug-likeness (QED) is 0.436. The van der Waals surface area contributed by atoms with Crippen LogP contribution in [0.1, 0.15) is 50.7 Å². The molecule has 0 spiro atoms. The maximum Gasteiger partial charge on any atom is 0.410 e. The molecule has 2 aromatic rings. The van der Waals surface area contributed by atoms with Gasteiger partial charge in [-0.1, -0.05) is 23.1 Å². The van der Waals surface area contributed by atoms with Gasteiger partial charge >= 0.3 is 6.09 Å². The number of piperidine rings is 1. The van der Waals surface area contributed by atoms with E-state index in [-0.39, 0.29) is 24.3 Å². The Morgan fingerprint density at radius 1 is 1.28 bits per heavy atom. The van der Waals surface area contributed by atoms with Crippen LogP contribution in [0.4, 0.5) is 10.6 Å². The van der Waals surface area contributed by atoms with Crippen molar-refractivity contribution in [1.82, 2.24) is 14.6 Å². The molecule has 2 aliphatic heterocycles. The van der Waals surface area contributed by atoms with Crippen LogP contribution in [-0.4, -0.2) is 48.9 Å². The highest BCUT2D eigenvalue weighted by molar-refractivity contribution is 8.23. The van der Waals surface area contributed by atoms with Crippen LogP contribution in [0.2, 0.25) is 0 Å². The second-order valence-corrected chi connectivity index (χ2v) is 10.8. The number of phenolic OH excluding ortho intramolecular Hbond substituents is 1. The van der Waals surface area contributed by atoms with Gasteiger partial charge in [-0.15, -0.1) is 0 Å². The molecule has 2 aliphatic rings. The molecule has 0 bridgehead atoms. The zero-order valence-corrected chi connectivity index (χ0v) is 19.3. The number of aromatic hydroxyl groups is 1. The lowest BCUT2D eigenvalue weighted by Gasteiger charge is -2.40. The van der Waals surface area contributed by atoms with Crippen molar-refractivity contribution in [3.63, 3.8) is 0 Å². The third-order valence-corrected chi connectivity index (χ3v) is 6.57. The number of hydrogen-bond donors (Lipinski definition) is 5. The standard InChI is InChI=1S/C22H30N4O5S/c1-22(2,3)31-21(28)26-10-6-7-14(13-26)16-11-18(15-8-4-5-9-19(15)27)24-20-17(16)12-23-32(29,30)25-20/h4-5,8-9,11,14,23,27,29-30H,6-7,10,12-13H2,1-3H3,(H,24,25). The number of likely N-dealkylation sites (tertiary alicyclic amines) is 1. The minimum Gasteiger partial charge on any atom is -0.507 e. The van der Waals surface area contributed by atoms with Gasteiger partial charge in [0.1, 0.15) is 11.4 Å². The maximum atomic E-state index is 12.7. The van der Waals surface area contributed by atoms with Crippen LogP contribution in [-0.2, 0) is 11.3 Å². The third kappa shape index (κ3) is 4.93. The van der Waals surface area contributed by atoms with Crippen LogP contribution in [0.5, 0.6) is 5.75 Å². The van der Waals surface area contributed by atoms with Gasteiger partial charge in [-0.05, 0) is 57.4 Å². The van der Waals surface area contributed by atoms with Gasteiger partial charge in [0.15, 0.2) is 5.82 Å². The molecule has 1 aromatic carbocycles. The van der Waals surface area contributed by atoms with Crippen LogP contribution >= 0.6 is 11.0 Å². The second-order valence-electron chi connectivity index (χ2n) is 9.18. The van der Waals surface area contributed by atoms with E-state index in [1.54, 1.807) is 23.1 Å². The first-order chi connectivity index (χ1) is 15.0. The number of amides is 1. The number of phenols is 1. The fourth-order valence-corrected chi connectivity index (χ4v) is 4.98. The van der Waals surface area contributed by atoms with E-state index in [1.165, 1.54) is 0 Å². The van der Waals surface area contributed by atoms with Crippen LogP contribution in [0.3, 0.4) is 0 Å². The van der Waals surface area contributed by atoms with Gasteiger partial charge in [0, 0.05) is 36.7 Å². The number of carbonyl (C=O) groups is 1. The molecular weight excluding hydrogens is 432 g/mol. The second kappa shape index (κ2) is 8.43. The Bertz CT molecular complexity index is 1020. The number of anilines is 1. The Morgan fingerprint density at radius 2 is 2.03 bits per heavy atom. The zero-order chi connectivity index (χ0) is 23.1. The van der Waals surface area contributed by atoms with E-state index in [4.69, 9.17) is 4.74 Å². The number of nitrogens with zero attached hydrogens (tertiary/aromatic N) is 2. The van der Waals surface area contributed by atoms with E-state index < -0.39 is 16.6 Å². The summed E-state index contributed by atoms with van der Waals surface area (Å²) in [6, 6.07) is 8.82. The van der Waals surface area contributed by atoms with E-state index in [0.717, 1.165) is 24.0 Å². The average Bonchev–Trinajstić information content (AvgIpc) is 2.71. The maximum absolute atomic E-state index is 12.7. The van der Waals surface area contributed by atoms with Crippen molar-refractivity contribution < 1.29 is 23.7 Å². The predicted octanol–water partition coefficient (Wildman–Crippen LogP) is 4.66. The van der Waals surface area contributed by atoms with Crippen LogP contribution < -0.4 is 9.44 Å². The molecule has 10 heteroatoms. The summed E-state index contributed by atoms with van der Waals surface area (Å²) in [6.45, 7) is 6.89. The molecule has 1 aromatic heterocycles. The van der Waals surface area contributed by atoms with E-state index in [0.29, 0.717) is 30.2 Å². The lowest BCUT2D eigenvalue weighted by molar-refractivity contribution is 0.0198. The molecule has 32 heavy (non-hydrogen) atoms. The molecule has 1 fully saturated rings. The van der Waals surface area contributed by atoms with E-state index in [1.807, 2.05) is 32.9 Å². The van der Waals surface area contributed by atoms with Gasteiger partial charge in [-0.25, -0.2) is 9.78 Å². The number of ether oxygens (including phenoxy) is 1. The monoisotopic (exact) mass is 462 g/mol. The summed E-state index contributed by atoms with van der Waals surface area (Å²) < 4.78 is 31.2. The predicted molar refractivity (Wildman–Crippen MR) is 124 cm³/mol. The van der Waals surface area contributed by atoms with Gasteiger partial charge in [0.2, 0.25) is 0 Å². The van der Waals surface area contributed by atoms with E-state index in [9.17, 15) is 19.0 Å². The Hall–Kier alpha value is -2.53. The first kappa shape index (κ1) is 22.7. The molecule has 0 radical (unpaired) electrons. The van der Waals surface area contributed by atoms with Crippen molar-refractivity contribution in [3.05, 3.63) is 41.5 Å². The smallest absolute Gasteiger partial charge is 0.410 e. The molecule has 1 atom stereocenters. The highest BCUT2D eigenvalue weighted by atomic mass is 32.3. The summed E-state index contributed by atoms with van der Waals surface area (Å²) >= 11 is 0. The van der Waals surface area contributed by atoms with Crippen LogP contribution in [0.25, 0.3) is 11.3 Å². The van der Waals surface area contributed by atoms with Gasteiger partial charge in [-0.3, -0.25) is 13.8 Å². The van der Waals surface area contributed by atoms with Gasteiger partial charge in [0.05, 0.1) is 5.69 Å². The number of fused-ring (bicyclic) bond motifs is 1. The molecule has 1 saturated heterocycles. The summed E-state index contributed by atoms with van der Waals surface area (Å²) in [7, 11) is -3.21. The first-order valence-corrected chi connectivity index (χ1v) is 12.2. The lowest BCUT2D eigenvalue weighted by atomic mass is 9.87. The molecule has 9 nitrogen and oxygen atoms in total. The summed E-state index contributed by atoms with van der Waals surface area (Å²) in [5.74, 6) is 0.473. The fraction of sp³-hybridized carbons (Fsp3) is 0.455. The van der Waals surface area contributed by atoms with E-state index >= 15 is 0 Å². The zero-order valence-electron chi connectivity index (χ0n) is 18.5. The normalized spacial score (nSPS) is 21.3. The molecule has 3 heterocycles. The van der Waals surface area contributed by atoms with Crippen molar-refractivity contribution in [2.45, 2.75) is 51.7 Å². The van der Waals surface area contributed by atoms with E-state index in [2.05, 4.69) is 14.4 Å². The molecule has 1 unspecified atom stereocenters. The molecule has 5 N–H and O–H groups in total. The average molecular weight is 463 g/mol. The summed E-state index contributed by atoms with van der Waals surface area (Å²) in [6.07, 6.45) is 1.35. The van der Waals surface area contributed by atoms with Gasteiger partial charge in [-0.2, -0.15) is 4.72 Å². The minimum absolute atomic E-state index is 0.0149.